The van der Waals surface area contributed by atoms with Gasteiger partial charge in [0.05, 0.1) is 5.56 Å². The Labute approximate surface area is 114 Å². The molecular weight excluding hydrogens is 298 g/mol. The summed E-state index contributed by atoms with van der Waals surface area (Å²) in [5.74, 6) is -0.411. The summed E-state index contributed by atoms with van der Waals surface area (Å²) in [6.45, 7) is 3.88. The lowest BCUT2D eigenvalue weighted by Gasteiger charge is -2.17. The second kappa shape index (κ2) is 6.36. The maximum absolute atomic E-state index is 11.1. The van der Waals surface area contributed by atoms with Crippen molar-refractivity contribution in [2.45, 2.75) is 26.3 Å². The first-order valence-electron chi connectivity index (χ1n) is 5.49. The van der Waals surface area contributed by atoms with Crippen molar-refractivity contribution in [3.63, 3.8) is 0 Å². The number of carbonyl (C=O) groups is 1. The smallest absolute Gasteiger partial charge is 0.326 e. The van der Waals surface area contributed by atoms with Crippen molar-refractivity contribution < 1.29 is 9.90 Å². The van der Waals surface area contributed by atoms with E-state index in [1.54, 1.807) is 6.07 Å². The van der Waals surface area contributed by atoms with Gasteiger partial charge in [0.15, 0.2) is 0 Å². The van der Waals surface area contributed by atoms with Crippen LogP contribution in [0.1, 0.15) is 25.8 Å². The average molecular weight is 312 g/mol. The van der Waals surface area contributed by atoms with Gasteiger partial charge in [0, 0.05) is 10.7 Å². The van der Waals surface area contributed by atoms with Crippen LogP contribution in [-0.2, 0) is 4.79 Å². The van der Waals surface area contributed by atoms with E-state index in [9.17, 15) is 4.79 Å². The molecule has 6 heteroatoms. The zero-order valence-electron chi connectivity index (χ0n) is 10.1. The van der Waals surface area contributed by atoms with Gasteiger partial charge in [-0.05, 0) is 34.3 Å². The molecule has 0 unspecified atom stereocenters. The van der Waals surface area contributed by atoms with Crippen molar-refractivity contribution in [2.24, 2.45) is 5.92 Å². The highest BCUT2D eigenvalue weighted by Crippen LogP contribution is 2.19. The van der Waals surface area contributed by atoms with Gasteiger partial charge in [-0.2, -0.15) is 5.26 Å². The Morgan fingerprint density at radius 2 is 2.33 bits per heavy atom. The minimum Gasteiger partial charge on any atom is -0.480 e. The third kappa shape index (κ3) is 4.00. The SMILES string of the molecule is CC(C)C[C@@H](Nc1ncc(Br)cc1C#N)C(=O)O. The first-order valence-corrected chi connectivity index (χ1v) is 6.28. The van der Waals surface area contributed by atoms with Crippen LogP contribution in [0.2, 0.25) is 0 Å². The number of aromatic nitrogens is 1. The number of hydrogen-bond acceptors (Lipinski definition) is 4. The van der Waals surface area contributed by atoms with Gasteiger partial charge in [-0.25, -0.2) is 9.78 Å². The van der Waals surface area contributed by atoms with Crippen molar-refractivity contribution >= 4 is 27.7 Å². The number of nitrogens with zero attached hydrogens (tertiary/aromatic N) is 2. The molecule has 0 aliphatic rings. The first kappa shape index (κ1) is 14.5. The van der Waals surface area contributed by atoms with Crippen molar-refractivity contribution in [2.75, 3.05) is 5.32 Å². The molecule has 0 aromatic carbocycles. The van der Waals surface area contributed by atoms with E-state index in [2.05, 4.69) is 26.2 Å². The Balaban J connectivity index is 2.94. The van der Waals surface area contributed by atoms with Gasteiger partial charge in [-0.15, -0.1) is 0 Å². The number of carboxylic acids is 1. The molecule has 0 saturated carbocycles. The van der Waals surface area contributed by atoms with Gasteiger partial charge in [0.1, 0.15) is 17.9 Å². The number of pyridine rings is 1. The normalized spacial score (nSPS) is 11.9. The van der Waals surface area contributed by atoms with Crippen molar-refractivity contribution in [1.29, 1.82) is 5.26 Å². The molecule has 1 aromatic rings. The molecule has 0 aliphatic carbocycles. The topological polar surface area (TPSA) is 86.0 Å². The van der Waals surface area contributed by atoms with E-state index in [0.29, 0.717) is 22.3 Å². The summed E-state index contributed by atoms with van der Waals surface area (Å²) in [7, 11) is 0. The number of nitriles is 1. The van der Waals surface area contributed by atoms with Crippen molar-refractivity contribution in [3.8, 4) is 6.07 Å². The van der Waals surface area contributed by atoms with Crippen LogP contribution in [0.5, 0.6) is 0 Å². The predicted molar refractivity (Wildman–Crippen MR) is 71.2 cm³/mol. The van der Waals surface area contributed by atoms with Crippen LogP contribution >= 0.6 is 15.9 Å². The lowest BCUT2D eigenvalue weighted by Crippen LogP contribution is -2.31. The molecule has 5 nitrogen and oxygen atoms in total. The number of rotatable bonds is 5. The first-order chi connectivity index (χ1) is 8.43. The van der Waals surface area contributed by atoms with E-state index in [1.807, 2.05) is 19.9 Å². The molecule has 0 amide bonds. The summed E-state index contributed by atoms with van der Waals surface area (Å²) in [6, 6.07) is 2.84. The second-order valence-corrected chi connectivity index (χ2v) is 5.24. The fourth-order valence-corrected chi connectivity index (χ4v) is 1.83. The van der Waals surface area contributed by atoms with Gasteiger partial charge in [0.25, 0.3) is 0 Å². The minimum absolute atomic E-state index is 0.236. The maximum Gasteiger partial charge on any atom is 0.326 e. The molecule has 1 rings (SSSR count). The Morgan fingerprint density at radius 1 is 1.67 bits per heavy atom. The third-order valence-corrected chi connectivity index (χ3v) is 2.72. The molecule has 0 bridgehead atoms. The zero-order chi connectivity index (χ0) is 13.7. The van der Waals surface area contributed by atoms with E-state index in [-0.39, 0.29) is 5.92 Å². The van der Waals surface area contributed by atoms with Gasteiger partial charge in [0.2, 0.25) is 0 Å². The van der Waals surface area contributed by atoms with Crippen LogP contribution in [0.3, 0.4) is 0 Å². The van der Waals surface area contributed by atoms with Crippen LogP contribution in [0.15, 0.2) is 16.7 Å². The zero-order valence-corrected chi connectivity index (χ0v) is 11.7. The molecule has 1 aromatic heterocycles. The van der Waals surface area contributed by atoms with Gasteiger partial charge >= 0.3 is 5.97 Å². The number of halogens is 1. The van der Waals surface area contributed by atoms with Gasteiger partial charge < -0.3 is 10.4 Å². The number of anilines is 1. The number of hydrogen-bond donors (Lipinski definition) is 2. The fraction of sp³-hybridized carbons (Fsp3) is 0.417. The molecule has 1 atom stereocenters. The Morgan fingerprint density at radius 3 is 2.83 bits per heavy atom. The van der Waals surface area contributed by atoms with E-state index >= 15 is 0 Å². The highest BCUT2D eigenvalue weighted by atomic mass is 79.9. The van der Waals surface area contributed by atoms with E-state index in [0.717, 1.165) is 0 Å². The number of nitrogens with one attached hydrogen (secondary N) is 1. The molecule has 0 radical (unpaired) electrons. The summed E-state index contributed by atoms with van der Waals surface area (Å²) in [5.41, 5.74) is 0.319. The van der Waals surface area contributed by atoms with Crippen LogP contribution in [0, 0.1) is 17.2 Å². The van der Waals surface area contributed by atoms with Crippen molar-refractivity contribution in [3.05, 3.63) is 22.3 Å². The van der Waals surface area contributed by atoms with Crippen LogP contribution in [-0.4, -0.2) is 22.1 Å². The second-order valence-electron chi connectivity index (χ2n) is 4.33. The largest absolute Gasteiger partial charge is 0.480 e. The molecular formula is C12H14BrN3O2. The molecule has 96 valence electrons. The molecule has 0 aliphatic heterocycles. The van der Waals surface area contributed by atoms with E-state index in [4.69, 9.17) is 10.4 Å². The maximum atomic E-state index is 11.1. The van der Waals surface area contributed by atoms with E-state index in [1.165, 1.54) is 6.20 Å². The summed E-state index contributed by atoms with van der Waals surface area (Å²) in [6.07, 6.45) is 2.00. The fourth-order valence-electron chi connectivity index (χ4n) is 1.50. The monoisotopic (exact) mass is 311 g/mol. The van der Waals surface area contributed by atoms with Crippen molar-refractivity contribution in [1.82, 2.24) is 4.98 Å². The molecule has 2 N–H and O–H groups in total. The summed E-state index contributed by atoms with van der Waals surface area (Å²) in [4.78, 5) is 15.2. The standard InChI is InChI=1S/C12H14BrN3O2/c1-7(2)3-10(12(17)18)16-11-8(5-14)4-9(13)6-15-11/h4,6-7,10H,3H2,1-2H3,(H,15,16)(H,17,18)/t10-/m1/s1. The quantitative estimate of drug-likeness (QED) is 0.873. The average Bonchev–Trinajstić information content (AvgIpc) is 2.29. The minimum atomic E-state index is -0.947. The van der Waals surface area contributed by atoms with Crippen LogP contribution in [0.4, 0.5) is 5.82 Å². The summed E-state index contributed by atoms with van der Waals surface area (Å²) < 4.78 is 0.681. The van der Waals surface area contributed by atoms with Gasteiger partial charge in [-0.3, -0.25) is 0 Å². The summed E-state index contributed by atoms with van der Waals surface area (Å²) >= 11 is 3.21. The molecule has 18 heavy (non-hydrogen) atoms. The van der Waals surface area contributed by atoms with Gasteiger partial charge in [-0.1, -0.05) is 13.8 Å². The molecule has 0 saturated heterocycles. The predicted octanol–water partition coefficient (Wildman–Crippen LogP) is 2.63. The van der Waals surface area contributed by atoms with E-state index < -0.39 is 12.0 Å². The summed E-state index contributed by atoms with van der Waals surface area (Å²) in [5, 5.41) is 20.9. The van der Waals surface area contributed by atoms with Crippen LogP contribution < -0.4 is 5.32 Å². The Kier molecular flexibility index (Phi) is 5.10. The third-order valence-electron chi connectivity index (χ3n) is 2.29. The molecule has 1 heterocycles. The number of aliphatic carboxylic acids is 1. The Hall–Kier alpha value is -1.61. The Bertz CT molecular complexity index is 483. The molecule has 0 spiro atoms. The lowest BCUT2D eigenvalue weighted by molar-refractivity contribution is -0.138. The molecule has 0 fully saturated rings. The lowest BCUT2D eigenvalue weighted by atomic mass is 10.0. The number of carboxylic acid groups (broad SMARTS) is 1. The highest BCUT2D eigenvalue weighted by molar-refractivity contribution is 9.10. The van der Waals surface area contributed by atoms with Crippen LogP contribution in [0.25, 0.3) is 0 Å². The highest BCUT2D eigenvalue weighted by Gasteiger charge is 2.20.